The van der Waals surface area contributed by atoms with Crippen molar-refractivity contribution < 1.29 is 14.9 Å². The zero-order valence-electron chi connectivity index (χ0n) is 11.2. The van der Waals surface area contributed by atoms with E-state index in [-0.39, 0.29) is 6.10 Å². The van der Waals surface area contributed by atoms with E-state index in [1.54, 1.807) is 12.1 Å². The summed E-state index contributed by atoms with van der Waals surface area (Å²) in [4.78, 5) is 5.50. The maximum absolute atomic E-state index is 9.04. The lowest BCUT2D eigenvalue weighted by Gasteiger charge is -2.06. The Bertz CT molecular complexity index is 431. The van der Waals surface area contributed by atoms with Crippen molar-refractivity contribution in [3.8, 4) is 0 Å². The molecule has 0 radical (unpaired) electrons. The van der Waals surface area contributed by atoms with Crippen molar-refractivity contribution >= 4 is 18.3 Å². The minimum Gasteiger partial charge on any atom is -0.423 e. The van der Waals surface area contributed by atoms with Gasteiger partial charge in [0.15, 0.2) is 0 Å². The molecule has 0 spiro atoms. The van der Waals surface area contributed by atoms with E-state index in [1.165, 1.54) is 19.3 Å². The second-order valence-corrected chi connectivity index (χ2v) is 4.83. The van der Waals surface area contributed by atoms with Crippen LogP contribution < -0.4 is 10.9 Å². The van der Waals surface area contributed by atoms with E-state index < -0.39 is 7.12 Å². The predicted molar refractivity (Wildman–Crippen MR) is 76.4 cm³/mol. The molecule has 0 aliphatic carbocycles. The van der Waals surface area contributed by atoms with Gasteiger partial charge in [-0.25, -0.2) is 0 Å². The zero-order chi connectivity index (χ0) is 13.7. The van der Waals surface area contributed by atoms with Gasteiger partial charge < -0.3 is 10.0 Å². The molecule has 19 heavy (non-hydrogen) atoms. The third-order valence-electron chi connectivity index (χ3n) is 3.28. The molecule has 0 amide bonds. The lowest BCUT2D eigenvalue weighted by Crippen LogP contribution is -2.29. The van der Waals surface area contributed by atoms with E-state index in [4.69, 9.17) is 14.9 Å². The van der Waals surface area contributed by atoms with E-state index in [0.717, 1.165) is 17.7 Å². The number of nitrogens with one attached hydrogen (secondary N) is 1. The molecule has 1 heterocycles. The van der Waals surface area contributed by atoms with Gasteiger partial charge in [0.25, 0.3) is 0 Å². The molecule has 102 valence electrons. The van der Waals surface area contributed by atoms with Gasteiger partial charge in [-0.3, -0.25) is 10.3 Å². The monoisotopic (exact) mass is 261 g/mol. The molecule has 2 rings (SSSR count). The summed E-state index contributed by atoms with van der Waals surface area (Å²) in [5.41, 5.74) is 5.36. The van der Waals surface area contributed by atoms with Crippen LogP contribution in [0.5, 0.6) is 0 Å². The number of hydrogen-bond donors (Lipinski definition) is 3. The molecule has 3 N–H and O–H groups in total. The Morgan fingerprint density at radius 3 is 2.58 bits per heavy atom. The highest BCUT2D eigenvalue weighted by atomic mass is 16.7. The van der Waals surface area contributed by atoms with E-state index in [0.29, 0.717) is 5.46 Å². The van der Waals surface area contributed by atoms with Gasteiger partial charge in [-0.15, -0.1) is 0 Å². The molecule has 1 aliphatic rings. The third kappa shape index (κ3) is 3.83. The summed E-state index contributed by atoms with van der Waals surface area (Å²) in [6, 6.07) is 7.11. The van der Waals surface area contributed by atoms with Crippen molar-refractivity contribution in [3.05, 3.63) is 35.9 Å². The van der Waals surface area contributed by atoms with Crippen LogP contribution >= 0.6 is 0 Å². The molecule has 5 heteroatoms. The van der Waals surface area contributed by atoms with Gasteiger partial charge in [-0.1, -0.05) is 50.5 Å². The van der Waals surface area contributed by atoms with Gasteiger partial charge in [-0.05, 0) is 23.5 Å². The number of hydroxylamine groups is 1. The van der Waals surface area contributed by atoms with Crippen molar-refractivity contribution in [2.45, 2.75) is 38.7 Å². The van der Waals surface area contributed by atoms with E-state index in [1.807, 2.05) is 12.1 Å². The highest BCUT2D eigenvalue weighted by Crippen LogP contribution is 2.20. The fourth-order valence-corrected chi connectivity index (χ4v) is 2.12. The molecule has 1 unspecified atom stereocenters. The molecule has 0 aromatic heterocycles. The molecule has 0 bridgehead atoms. The van der Waals surface area contributed by atoms with Gasteiger partial charge in [0.2, 0.25) is 0 Å². The summed E-state index contributed by atoms with van der Waals surface area (Å²) < 4.78 is 0. The van der Waals surface area contributed by atoms with Crippen LogP contribution in [-0.2, 0) is 4.84 Å². The van der Waals surface area contributed by atoms with E-state index in [9.17, 15) is 0 Å². The number of unbranched alkanes of at least 4 members (excludes halogenated alkanes) is 2. The maximum atomic E-state index is 9.04. The average molecular weight is 261 g/mol. The summed E-state index contributed by atoms with van der Waals surface area (Å²) in [5, 5.41) is 18.1. The van der Waals surface area contributed by atoms with Crippen LogP contribution in [0.2, 0.25) is 0 Å². The summed E-state index contributed by atoms with van der Waals surface area (Å²) in [6.07, 6.45) is 6.85. The summed E-state index contributed by atoms with van der Waals surface area (Å²) >= 11 is 0. The van der Waals surface area contributed by atoms with Crippen molar-refractivity contribution in [2.75, 3.05) is 0 Å². The normalized spacial score (nSPS) is 18.1. The number of benzene rings is 1. The van der Waals surface area contributed by atoms with Gasteiger partial charge in [0, 0.05) is 0 Å². The number of hydrogen-bond acceptors (Lipinski definition) is 4. The highest BCUT2D eigenvalue weighted by molar-refractivity contribution is 6.58. The topological polar surface area (TPSA) is 61.7 Å². The molecule has 0 fully saturated rings. The minimum atomic E-state index is -1.42. The molecule has 4 nitrogen and oxygen atoms in total. The first-order chi connectivity index (χ1) is 9.20. The zero-order valence-corrected chi connectivity index (χ0v) is 11.2. The Labute approximate surface area is 114 Å². The van der Waals surface area contributed by atoms with Crippen molar-refractivity contribution in [1.29, 1.82) is 0 Å². The summed E-state index contributed by atoms with van der Waals surface area (Å²) in [6.45, 7) is 2.19. The van der Waals surface area contributed by atoms with Crippen molar-refractivity contribution in [1.82, 2.24) is 5.48 Å². The lowest BCUT2D eigenvalue weighted by atomic mass is 9.80. The van der Waals surface area contributed by atoms with Crippen LogP contribution in [-0.4, -0.2) is 23.3 Å². The van der Waals surface area contributed by atoms with E-state index >= 15 is 0 Å². The molecule has 1 aliphatic heterocycles. The molecule has 1 aromatic rings. The number of rotatable bonds is 6. The molecular formula is C14H20BNO3. The Kier molecular flexibility index (Phi) is 5.02. The smallest absolute Gasteiger partial charge is 0.423 e. The molecule has 0 saturated heterocycles. The first-order valence-electron chi connectivity index (χ1n) is 6.80. The maximum Gasteiger partial charge on any atom is 0.488 e. The average Bonchev–Trinajstić information content (AvgIpc) is 2.88. The molecule has 1 atom stereocenters. The summed E-state index contributed by atoms with van der Waals surface area (Å²) in [7, 11) is -1.42. The third-order valence-corrected chi connectivity index (χ3v) is 3.28. The Morgan fingerprint density at radius 1 is 1.21 bits per heavy atom. The van der Waals surface area contributed by atoms with Gasteiger partial charge >= 0.3 is 7.12 Å². The standard InChI is InChI=1S/C14H20BNO3/c1-2-3-4-5-13-10-14(16-19-13)11-6-8-12(9-7-11)15(17)18/h6-10,13,16-18H,2-5H2,1H3. The van der Waals surface area contributed by atoms with Gasteiger partial charge in [0.1, 0.15) is 6.10 Å². The van der Waals surface area contributed by atoms with E-state index in [2.05, 4.69) is 18.5 Å². The predicted octanol–water partition coefficient (Wildman–Crippen LogP) is 1.19. The van der Waals surface area contributed by atoms with Crippen LogP contribution in [0.3, 0.4) is 0 Å². The lowest BCUT2D eigenvalue weighted by molar-refractivity contribution is 0.0454. The second-order valence-electron chi connectivity index (χ2n) is 4.83. The van der Waals surface area contributed by atoms with Crippen LogP contribution in [0.15, 0.2) is 30.3 Å². The first-order valence-corrected chi connectivity index (χ1v) is 6.80. The van der Waals surface area contributed by atoms with Crippen molar-refractivity contribution in [2.24, 2.45) is 0 Å². The first kappa shape index (κ1) is 14.1. The minimum absolute atomic E-state index is 0.129. The Balaban J connectivity index is 1.96. The largest absolute Gasteiger partial charge is 0.488 e. The fourth-order valence-electron chi connectivity index (χ4n) is 2.12. The van der Waals surface area contributed by atoms with Crippen LogP contribution in [0.25, 0.3) is 5.70 Å². The molecule has 0 saturated carbocycles. The van der Waals surface area contributed by atoms with Crippen LogP contribution in [0, 0.1) is 0 Å². The van der Waals surface area contributed by atoms with Crippen LogP contribution in [0.4, 0.5) is 0 Å². The Morgan fingerprint density at radius 2 is 1.95 bits per heavy atom. The van der Waals surface area contributed by atoms with Crippen LogP contribution in [0.1, 0.15) is 38.2 Å². The fraction of sp³-hybridized carbons (Fsp3) is 0.429. The Hall–Kier alpha value is -1.30. The van der Waals surface area contributed by atoms with Gasteiger partial charge in [-0.2, -0.15) is 0 Å². The summed E-state index contributed by atoms with van der Waals surface area (Å²) in [5.74, 6) is 0. The van der Waals surface area contributed by atoms with Gasteiger partial charge in [0.05, 0.1) is 5.70 Å². The SMILES string of the molecule is CCCCCC1C=C(c2ccc(B(O)O)cc2)NO1. The van der Waals surface area contributed by atoms with Crippen molar-refractivity contribution in [3.63, 3.8) is 0 Å². The molecular weight excluding hydrogens is 241 g/mol. The quantitative estimate of drug-likeness (QED) is 0.531. The molecule has 1 aromatic carbocycles. The highest BCUT2D eigenvalue weighted by Gasteiger charge is 2.17. The second kappa shape index (κ2) is 6.75.